The van der Waals surface area contributed by atoms with Gasteiger partial charge in [0.2, 0.25) is 11.8 Å². The number of halogens is 2. The number of hydrogen-bond acceptors (Lipinski definition) is 4. The van der Waals surface area contributed by atoms with Crippen LogP contribution in [0.4, 0.5) is 5.69 Å². The third kappa shape index (κ3) is 8.24. The van der Waals surface area contributed by atoms with Crippen LogP contribution in [0.1, 0.15) is 50.8 Å². The van der Waals surface area contributed by atoms with E-state index in [0.29, 0.717) is 33.3 Å². The van der Waals surface area contributed by atoms with Crippen molar-refractivity contribution in [2.45, 2.75) is 71.0 Å². The van der Waals surface area contributed by atoms with Gasteiger partial charge in [0, 0.05) is 12.1 Å². The average Bonchev–Trinajstić information content (AvgIpc) is 2.88. The van der Waals surface area contributed by atoms with Gasteiger partial charge in [-0.3, -0.25) is 13.9 Å². The van der Waals surface area contributed by atoms with Crippen LogP contribution < -0.4 is 9.62 Å². The van der Waals surface area contributed by atoms with Gasteiger partial charge >= 0.3 is 0 Å². The van der Waals surface area contributed by atoms with Crippen LogP contribution in [0.15, 0.2) is 71.6 Å². The zero-order valence-corrected chi connectivity index (χ0v) is 26.6. The monoisotopic (exact) mass is 617 g/mol. The maximum absolute atomic E-state index is 14.2. The number of benzene rings is 3. The molecule has 0 aliphatic heterocycles. The number of carbonyl (C=O) groups excluding carboxylic acids is 2. The van der Waals surface area contributed by atoms with E-state index in [9.17, 15) is 18.0 Å². The first-order valence-electron chi connectivity index (χ1n) is 13.3. The molecule has 3 aromatic rings. The van der Waals surface area contributed by atoms with Crippen molar-refractivity contribution in [2.75, 3.05) is 10.8 Å². The quantitative estimate of drug-likeness (QED) is 0.280. The molecule has 0 bridgehead atoms. The van der Waals surface area contributed by atoms with Crippen LogP contribution in [0.5, 0.6) is 0 Å². The molecule has 220 valence electrons. The van der Waals surface area contributed by atoms with Gasteiger partial charge in [-0.05, 0) is 82.5 Å². The lowest BCUT2D eigenvalue weighted by Crippen LogP contribution is -2.55. The average molecular weight is 619 g/mol. The summed E-state index contributed by atoms with van der Waals surface area (Å²) in [7, 11) is -4.14. The predicted molar refractivity (Wildman–Crippen MR) is 166 cm³/mol. The third-order valence-electron chi connectivity index (χ3n) is 6.49. The Bertz CT molecular complexity index is 1500. The summed E-state index contributed by atoms with van der Waals surface area (Å²) < 4.78 is 29.1. The van der Waals surface area contributed by atoms with Crippen LogP contribution in [0.3, 0.4) is 0 Å². The molecule has 0 aromatic heterocycles. The van der Waals surface area contributed by atoms with Crippen molar-refractivity contribution in [1.29, 1.82) is 0 Å². The Kier molecular flexibility index (Phi) is 10.5. The number of carbonyl (C=O) groups is 2. The molecule has 3 aromatic carbocycles. The van der Waals surface area contributed by atoms with Crippen LogP contribution in [-0.4, -0.2) is 43.3 Å². The lowest BCUT2D eigenvalue weighted by Gasteiger charge is -2.35. The van der Waals surface area contributed by atoms with Crippen LogP contribution in [0.2, 0.25) is 10.0 Å². The number of nitrogens with one attached hydrogen (secondary N) is 1. The number of amides is 2. The predicted octanol–water partition coefficient (Wildman–Crippen LogP) is 6.53. The molecule has 1 unspecified atom stereocenters. The highest BCUT2D eigenvalue weighted by molar-refractivity contribution is 7.92. The highest BCUT2D eigenvalue weighted by atomic mass is 35.5. The second-order valence-electron chi connectivity index (χ2n) is 11.0. The molecule has 0 saturated carbocycles. The summed E-state index contributed by atoms with van der Waals surface area (Å²) in [5.74, 6) is -0.872. The van der Waals surface area contributed by atoms with Crippen molar-refractivity contribution in [2.24, 2.45) is 0 Å². The van der Waals surface area contributed by atoms with Gasteiger partial charge in [-0.15, -0.1) is 0 Å². The number of rotatable bonds is 10. The standard InChI is InChI=1S/C31H37Cl2N3O4S/c1-7-27(30(38)34-31(4,5)6)35(19-23-14-17-25(32)26(33)18-23)29(37)20-36(28-11-9-8-10-22(28)3)41(39,40)24-15-12-21(2)13-16-24/h8-18,27H,7,19-20H2,1-6H3,(H,34,38). The van der Waals surface area contributed by atoms with Crippen molar-refractivity contribution in [3.05, 3.63) is 93.5 Å². The molecule has 0 fully saturated rings. The van der Waals surface area contributed by atoms with Gasteiger partial charge in [0.15, 0.2) is 0 Å². The number of para-hydroxylation sites is 1. The Hall–Kier alpha value is -3.07. The van der Waals surface area contributed by atoms with Crippen molar-refractivity contribution >= 4 is 50.7 Å². The molecule has 1 atom stereocenters. The summed E-state index contributed by atoms with van der Waals surface area (Å²) in [5, 5.41) is 3.63. The van der Waals surface area contributed by atoms with Gasteiger partial charge < -0.3 is 10.2 Å². The summed E-state index contributed by atoms with van der Waals surface area (Å²) in [6.45, 7) is 10.6. The van der Waals surface area contributed by atoms with Gasteiger partial charge in [0.25, 0.3) is 10.0 Å². The lowest BCUT2D eigenvalue weighted by molar-refractivity contribution is -0.141. The first kappa shape index (κ1) is 32.4. The first-order valence-corrected chi connectivity index (χ1v) is 15.5. The fraction of sp³-hybridized carbons (Fsp3) is 0.355. The van der Waals surface area contributed by atoms with Gasteiger partial charge in [-0.2, -0.15) is 0 Å². The fourth-order valence-electron chi connectivity index (χ4n) is 4.40. The number of anilines is 1. The van der Waals surface area contributed by atoms with E-state index < -0.39 is 34.1 Å². The molecule has 0 aliphatic carbocycles. The van der Waals surface area contributed by atoms with Crippen LogP contribution in [0, 0.1) is 13.8 Å². The van der Waals surface area contributed by atoms with Gasteiger partial charge in [-0.1, -0.05) is 72.1 Å². The molecular formula is C31H37Cl2N3O4S. The molecule has 0 heterocycles. The van der Waals surface area contributed by atoms with E-state index >= 15 is 0 Å². The van der Waals surface area contributed by atoms with E-state index in [0.717, 1.165) is 9.87 Å². The molecule has 7 nitrogen and oxygen atoms in total. The van der Waals surface area contributed by atoms with Crippen molar-refractivity contribution in [1.82, 2.24) is 10.2 Å². The normalized spacial score (nSPS) is 12.5. The minimum absolute atomic E-state index is 0.0258. The van der Waals surface area contributed by atoms with Crippen molar-refractivity contribution in [3.63, 3.8) is 0 Å². The third-order valence-corrected chi connectivity index (χ3v) is 9.01. The number of aryl methyl sites for hydroxylation is 2. The molecular weight excluding hydrogens is 581 g/mol. The molecule has 0 spiro atoms. The largest absolute Gasteiger partial charge is 0.350 e. The number of sulfonamides is 1. The summed E-state index contributed by atoms with van der Waals surface area (Å²) in [6.07, 6.45) is 0.310. The molecule has 0 aliphatic rings. The maximum atomic E-state index is 14.2. The SMILES string of the molecule is CCC(C(=O)NC(C)(C)C)N(Cc1ccc(Cl)c(Cl)c1)C(=O)CN(c1ccccc1C)S(=O)(=O)c1ccc(C)cc1. The van der Waals surface area contributed by atoms with E-state index in [1.54, 1.807) is 61.5 Å². The lowest BCUT2D eigenvalue weighted by atomic mass is 10.1. The van der Waals surface area contributed by atoms with Crippen molar-refractivity contribution in [3.8, 4) is 0 Å². The zero-order valence-electron chi connectivity index (χ0n) is 24.2. The van der Waals surface area contributed by atoms with E-state index in [1.165, 1.54) is 17.0 Å². The Balaban J connectivity index is 2.10. The Morgan fingerprint density at radius 2 is 1.56 bits per heavy atom. The van der Waals surface area contributed by atoms with E-state index in [4.69, 9.17) is 23.2 Å². The summed E-state index contributed by atoms with van der Waals surface area (Å²) >= 11 is 12.4. The Morgan fingerprint density at radius 3 is 2.12 bits per heavy atom. The Labute approximate surface area is 253 Å². The second kappa shape index (κ2) is 13.3. The molecule has 41 heavy (non-hydrogen) atoms. The van der Waals surface area contributed by atoms with Gasteiger partial charge in [0.05, 0.1) is 20.6 Å². The van der Waals surface area contributed by atoms with Crippen LogP contribution in [-0.2, 0) is 26.2 Å². The maximum Gasteiger partial charge on any atom is 0.264 e. The topological polar surface area (TPSA) is 86.8 Å². The molecule has 0 saturated heterocycles. The molecule has 3 rings (SSSR count). The highest BCUT2D eigenvalue weighted by Gasteiger charge is 2.35. The minimum Gasteiger partial charge on any atom is -0.350 e. The van der Waals surface area contributed by atoms with Gasteiger partial charge in [0.1, 0.15) is 12.6 Å². The summed E-state index contributed by atoms with van der Waals surface area (Å²) in [6, 6.07) is 17.6. The summed E-state index contributed by atoms with van der Waals surface area (Å²) in [5.41, 5.74) is 2.09. The zero-order chi connectivity index (χ0) is 30.5. The summed E-state index contributed by atoms with van der Waals surface area (Å²) in [4.78, 5) is 29.1. The van der Waals surface area contributed by atoms with Gasteiger partial charge in [-0.25, -0.2) is 8.42 Å². The number of nitrogens with zero attached hydrogens (tertiary/aromatic N) is 2. The molecule has 2 amide bonds. The van der Waals surface area contributed by atoms with Crippen LogP contribution in [0.25, 0.3) is 0 Å². The van der Waals surface area contributed by atoms with E-state index in [1.807, 2.05) is 34.6 Å². The smallest absolute Gasteiger partial charge is 0.264 e. The van der Waals surface area contributed by atoms with Crippen molar-refractivity contribution < 1.29 is 18.0 Å². The first-order chi connectivity index (χ1) is 19.1. The second-order valence-corrected chi connectivity index (χ2v) is 13.7. The van der Waals surface area contributed by atoms with Crippen LogP contribution >= 0.6 is 23.2 Å². The molecule has 0 radical (unpaired) electrons. The van der Waals surface area contributed by atoms with E-state index in [2.05, 4.69) is 5.32 Å². The molecule has 10 heteroatoms. The van der Waals surface area contributed by atoms with E-state index in [-0.39, 0.29) is 17.3 Å². The Morgan fingerprint density at radius 1 is 0.927 bits per heavy atom. The highest BCUT2D eigenvalue weighted by Crippen LogP contribution is 2.28. The fourth-order valence-corrected chi connectivity index (χ4v) is 6.20. The molecule has 1 N–H and O–H groups in total. The minimum atomic E-state index is -4.14. The number of hydrogen-bond donors (Lipinski definition) is 1.